The molecule has 4 heteroatoms. The van der Waals surface area contributed by atoms with Crippen LogP contribution in [0.15, 0.2) is 18.2 Å². The van der Waals surface area contributed by atoms with Gasteiger partial charge in [0.2, 0.25) is 0 Å². The van der Waals surface area contributed by atoms with Crippen LogP contribution >= 0.6 is 0 Å². The predicted molar refractivity (Wildman–Crippen MR) is 72.5 cm³/mol. The minimum atomic E-state index is -0.496. The van der Waals surface area contributed by atoms with E-state index in [2.05, 4.69) is 4.90 Å². The highest BCUT2D eigenvalue weighted by Crippen LogP contribution is 2.24. The van der Waals surface area contributed by atoms with Crippen LogP contribution < -0.4 is 10.5 Å². The Kier molecular flexibility index (Phi) is 3.78. The van der Waals surface area contributed by atoms with Gasteiger partial charge in [0.25, 0.3) is 0 Å². The van der Waals surface area contributed by atoms with Crippen LogP contribution in [0.4, 0.5) is 5.69 Å². The highest BCUT2D eigenvalue weighted by atomic mass is 16.5. The van der Waals surface area contributed by atoms with E-state index in [1.54, 1.807) is 7.11 Å². The van der Waals surface area contributed by atoms with Gasteiger partial charge in [0, 0.05) is 31.4 Å². The fourth-order valence-electron chi connectivity index (χ4n) is 2.35. The van der Waals surface area contributed by atoms with Crippen molar-refractivity contribution in [3.63, 3.8) is 0 Å². The van der Waals surface area contributed by atoms with Crippen LogP contribution in [0.1, 0.15) is 25.3 Å². The van der Waals surface area contributed by atoms with Gasteiger partial charge in [0.1, 0.15) is 5.75 Å². The van der Waals surface area contributed by atoms with Gasteiger partial charge < -0.3 is 15.6 Å². The summed E-state index contributed by atoms with van der Waals surface area (Å²) in [4.78, 5) is 2.34. The van der Waals surface area contributed by atoms with Gasteiger partial charge in [-0.2, -0.15) is 0 Å². The number of methoxy groups -OCH3 is 1. The first-order valence-electron chi connectivity index (χ1n) is 6.37. The first kappa shape index (κ1) is 13.2. The minimum absolute atomic E-state index is 0.496. The maximum Gasteiger partial charge on any atom is 0.121 e. The molecule has 1 saturated heterocycles. The number of piperidine rings is 1. The molecule has 0 unspecified atom stereocenters. The fraction of sp³-hybridized carbons (Fsp3) is 0.571. The monoisotopic (exact) mass is 250 g/mol. The molecule has 100 valence electrons. The summed E-state index contributed by atoms with van der Waals surface area (Å²) in [5.74, 6) is 0.800. The third kappa shape index (κ3) is 3.37. The number of ether oxygens (including phenoxy) is 1. The number of aliphatic hydroxyl groups is 1. The molecule has 4 nitrogen and oxygen atoms in total. The molecule has 0 saturated carbocycles. The predicted octanol–water partition coefficient (Wildman–Crippen LogP) is 1.62. The van der Waals surface area contributed by atoms with Crippen LogP contribution in [-0.4, -0.2) is 35.8 Å². The van der Waals surface area contributed by atoms with Gasteiger partial charge >= 0.3 is 0 Å². The third-order valence-corrected chi connectivity index (χ3v) is 3.56. The first-order valence-corrected chi connectivity index (χ1v) is 6.37. The topological polar surface area (TPSA) is 58.7 Å². The van der Waals surface area contributed by atoms with Gasteiger partial charge in [-0.15, -0.1) is 0 Å². The standard InChI is InChI=1S/C14H22N2O2/c1-14(17)3-5-16(6-4-14)10-11-7-12(15)9-13(8-11)18-2/h7-9,17H,3-6,10,15H2,1-2H3. The molecule has 0 amide bonds. The minimum Gasteiger partial charge on any atom is -0.497 e. The molecule has 18 heavy (non-hydrogen) atoms. The number of likely N-dealkylation sites (tertiary alicyclic amines) is 1. The van der Waals surface area contributed by atoms with Crippen molar-refractivity contribution in [1.29, 1.82) is 0 Å². The first-order chi connectivity index (χ1) is 8.48. The molecule has 1 aliphatic heterocycles. The number of anilines is 1. The lowest BCUT2D eigenvalue weighted by Crippen LogP contribution is -2.41. The molecule has 0 radical (unpaired) electrons. The highest BCUT2D eigenvalue weighted by molar-refractivity contribution is 5.47. The molecular formula is C14H22N2O2. The smallest absolute Gasteiger partial charge is 0.121 e. The van der Waals surface area contributed by atoms with Gasteiger partial charge in [0.15, 0.2) is 0 Å². The Morgan fingerprint density at radius 2 is 2.00 bits per heavy atom. The molecule has 0 aromatic heterocycles. The molecule has 1 aromatic rings. The summed E-state index contributed by atoms with van der Waals surface area (Å²) in [6.07, 6.45) is 1.65. The van der Waals surface area contributed by atoms with E-state index >= 15 is 0 Å². The molecular weight excluding hydrogens is 228 g/mol. The molecule has 0 bridgehead atoms. The van der Waals surface area contributed by atoms with Crippen LogP contribution in [0.5, 0.6) is 5.75 Å². The highest BCUT2D eigenvalue weighted by Gasteiger charge is 2.27. The molecule has 0 spiro atoms. The zero-order valence-corrected chi connectivity index (χ0v) is 11.1. The normalized spacial score (nSPS) is 19.7. The Balaban J connectivity index is 2.00. The molecule has 3 N–H and O–H groups in total. The Labute approximate surface area is 108 Å². The number of hydrogen-bond donors (Lipinski definition) is 2. The summed E-state index contributed by atoms with van der Waals surface area (Å²) in [6.45, 7) is 4.61. The van der Waals surface area contributed by atoms with Crippen LogP contribution in [0.3, 0.4) is 0 Å². The number of nitrogen functional groups attached to an aromatic ring is 1. The quantitative estimate of drug-likeness (QED) is 0.800. The van der Waals surface area contributed by atoms with E-state index < -0.39 is 5.60 Å². The van der Waals surface area contributed by atoms with Crippen molar-refractivity contribution in [1.82, 2.24) is 4.90 Å². The Bertz CT molecular complexity index is 408. The molecule has 0 aliphatic carbocycles. The maximum atomic E-state index is 9.92. The summed E-state index contributed by atoms with van der Waals surface area (Å²) < 4.78 is 5.22. The van der Waals surface area contributed by atoms with Gasteiger partial charge in [0.05, 0.1) is 12.7 Å². The zero-order chi connectivity index (χ0) is 13.2. The Morgan fingerprint density at radius 3 is 2.61 bits per heavy atom. The summed E-state index contributed by atoms with van der Waals surface area (Å²) in [7, 11) is 1.65. The fourth-order valence-corrected chi connectivity index (χ4v) is 2.35. The maximum absolute atomic E-state index is 9.92. The van der Waals surface area contributed by atoms with Crippen LogP contribution in [0.25, 0.3) is 0 Å². The average Bonchev–Trinajstić information content (AvgIpc) is 2.31. The van der Waals surface area contributed by atoms with E-state index in [1.807, 2.05) is 25.1 Å². The molecule has 1 aliphatic rings. The van der Waals surface area contributed by atoms with Gasteiger partial charge in [-0.05, 0) is 37.5 Å². The van der Waals surface area contributed by atoms with E-state index in [0.29, 0.717) is 0 Å². The summed E-state index contributed by atoms with van der Waals surface area (Å²) >= 11 is 0. The van der Waals surface area contributed by atoms with Crippen molar-refractivity contribution < 1.29 is 9.84 Å². The van der Waals surface area contributed by atoms with Crippen LogP contribution in [-0.2, 0) is 6.54 Å². The van der Waals surface area contributed by atoms with Crippen molar-refractivity contribution >= 4 is 5.69 Å². The lowest BCUT2D eigenvalue weighted by Gasteiger charge is -2.35. The number of nitrogens with two attached hydrogens (primary N) is 1. The third-order valence-electron chi connectivity index (χ3n) is 3.56. The number of nitrogens with zero attached hydrogens (tertiary/aromatic N) is 1. The van der Waals surface area contributed by atoms with E-state index in [4.69, 9.17) is 10.5 Å². The van der Waals surface area contributed by atoms with Crippen LogP contribution in [0.2, 0.25) is 0 Å². The molecule has 1 fully saturated rings. The lowest BCUT2D eigenvalue weighted by atomic mass is 9.93. The largest absolute Gasteiger partial charge is 0.497 e. The van der Waals surface area contributed by atoms with Crippen LogP contribution in [0, 0.1) is 0 Å². The molecule has 1 aromatic carbocycles. The van der Waals surface area contributed by atoms with E-state index in [-0.39, 0.29) is 0 Å². The van der Waals surface area contributed by atoms with Gasteiger partial charge in [-0.3, -0.25) is 4.90 Å². The number of benzene rings is 1. The van der Waals surface area contributed by atoms with Crippen molar-refractivity contribution in [3.05, 3.63) is 23.8 Å². The van der Waals surface area contributed by atoms with Crippen molar-refractivity contribution in [3.8, 4) is 5.75 Å². The SMILES string of the molecule is COc1cc(N)cc(CN2CCC(C)(O)CC2)c1. The second kappa shape index (κ2) is 5.16. The van der Waals surface area contributed by atoms with E-state index in [1.165, 1.54) is 0 Å². The molecule has 2 rings (SSSR count). The second-order valence-electron chi connectivity index (χ2n) is 5.39. The summed E-state index contributed by atoms with van der Waals surface area (Å²) in [5.41, 5.74) is 7.24. The Hall–Kier alpha value is -1.26. The lowest BCUT2D eigenvalue weighted by molar-refractivity contribution is -0.00731. The summed E-state index contributed by atoms with van der Waals surface area (Å²) in [5, 5.41) is 9.92. The molecule has 1 heterocycles. The number of hydrogen-bond acceptors (Lipinski definition) is 4. The van der Waals surface area contributed by atoms with Gasteiger partial charge in [-0.25, -0.2) is 0 Å². The van der Waals surface area contributed by atoms with E-state index in [9.17, 15) is 5.11 Å². The van der Waals surface area contributed by atoms with Crippen molar-refractivity contribution in [2.24, 2.45) is 0 Å². The summed E-state index contributed by atoms with van der Waals surface area (Å²) in [6, 6.07) is 5.82. The zero-order valence-electron chi connectivity index (χ0n) is 11.1. The van der Waals surface area contributed by atoms with Crippen molar-refractivity contribution in [2.75, 3.05) is 25.9 Å². The Morgan fingerprint density at radius 1 is 1.33 bits per heavy atom. The molecule has 0 atom stereocenters. The van der Waals surface area contributed by atoms with E-state index in [0.717, 1.165) is 49.5 Å². The number of rotatable bonds is 3. The average molecular weight is 250 g/mol. The van der Waals surface area contributed by atoms with Gasteiger partial charge in [-0.1, -0.05) is 0 Å². The second-order valence-corrected chi connectivity index (χ2v) is 5.39. The van der Waals surface area contributed by atoms with Crippen molar-refractivity contribution in [2.45, 2.75) is 31.9 Å².